The maximum Gasteiger partial charge on any atom is 0.223 e. The molecule has 3 heterocycles. The van der Waals surface area contributed by atoms with Gasteiger partial charge < -0.3 is 15.2 Å². The van der Waals surface area contributed by atoms with Gasteiger partial charge in [-0.2, -0.15) is 9.61 Å². The summed E-state index contributed by atoms with van der Waals surface area (Å²) >= 11 is 0. The first-order valence-electron chi connectivity index (χ1n) is 11.1. The quantitative estimate of drug-likeness (QED) is 0.486. The number of nitrogens with zero attached hydrogens (tertiary/aromatic N) is 5. The molecule has 9 heteroatoms. The van der Waals surface area contributed by atoms with Crippen LogP contribution in [0.15, 0.2) is 30.6 Å². The van der Waals surface area contributed by atoms with Crippen LogP contribution >= 0.6 is 0 Å². The molecule has 0 bridgehead atoms. The second-order valence-electron chi connectivity index (χ2n) is 8.86. The van der Waals surface area contributed by atoms with Crippen LogP contribution in [0.25, 0.3) is 28.1 Å². The Bertz CT molecular complexity index is 1350. The fourth-order valence-corrected chi connectivity index (χ4v) is 4.14. The van der Waals surface area contributed by atoms with E-state index in [9.17, 15) is 9.18 Å². The van der Waals surface area contributed by atoms with Crippen molar-refractivity contribution in [2.24, 2.45) is 13.0 Å². The Labute approximate surface area is 183 Å². The number of aryl methyl sites for hydroxylation is 1. The molecule has 32 heavy (non-hydrogen) atoms. The third-order valence-electron chi connectivity index (χ3n) is 6.44. The molecule has 2 N–H and O–H groups in total. The van der Waals surface area contributed by atoms with Crippen LogP contribution in [0.1, 0.15) is 37.7 Å². The molecule has 6 rings (SSSR count). The van der Waals surface area contributed by atoms with Crippen LogP contribution in [0.4, 0.5) is 10.2 Å². The second kappa shape index (κ2) is 7.29. The number of halogens is 1. The molecule has 2 fully saturated rings. The summed E-state index contributed by atoms with van der Waals surface area (Å²) in [4.78, 5) is 21.4. The van der Waals surface area contributed by atoms with Crippen molar-refractivity contribution in [3.05, 3.63) is 42.0 Å². The number of carbonyl (C=O) groups is 1. The van der Waals surface area contributed by atoms with Crippen LogP contribution < -0.4 is 10.6 Å². The molecule has 0 spiro atoms. The summed E-state index contributed by atoms with van der Waals surface area (Å²) in [5.41, 5.74) is 4.23. The van der Waals surface area contributed by atoms with E-state index in [0.717, 1.165) is 54.6 Å². The summed E-state index contributed by atoms with van der Waals surface area (Å²) in [6.45, 7) is 0.169. The van der Waals surface area contributed by atoms with Gasteiger partial charge >= 0.3 is 0 Å². The molecule has 164 valence electrons. The van der Waals surface area contributed by atoms with Crippen LogP contribution in [0.3, 0.4) is 0 Å². The minimum absolute atomic E-state index is 0.00674. The first-order valence-corrected chi connectivity index (χ1v) is 11.1. The highest BCUT2D eigenvalue weighted by Crippen LogP contribution is 2.30. The number of hydrogen-bond acceptors (Lipinski definition) is 5. The van der Waals surface area contributed by atoms with Gasteiger partial charge in [-0.3, -0.25) is 4.79 Å². The van der Waals surface area contributed by atoms with E-state index in [0.29, 0.717) is 22.9 Å². The average Bonchev–Trinajstić information content (AvgIpc) is 3.31. The lowest BCUT2D eigenvalue weighted by molar-refractivity contribution is -0.127. The number of hydrogen-bond donors (Lipinski definition) is 2. The van der Waals surface area contributed by atoms with Crippen molar-refractivity contribution in [3.8, 4) is 11.3 Å². The Hall–Kier alpha value is -3.49. The van der Waals surface area contributed by atoms with Crippen LogP contribution in [0.2, 0.25) is 0 Å². The lowest BCUT2D eigenvalue weighted by Crippen LogP contribution is -2.34. The van der Waals surface area contributed by atoms with Crippen molar-refractivity contribution in [2.75, 3.05) is 5.32 Å². The zero-order chi connectivity index (χ0) is 21.8. The topological polar surface area (TPSA) is 89.1 Å². The highest BCUT2D eigenvalue weighted by Gasteiger charge is 2.26. The van der Waals surface area contributed by atoms with Gasteiger partial charge in [0.25, 0.3) is 0 Å². The number of carbonyl (C=O) groups excluding carboxylic acids is 1. The van der Waals surface area contributed by atoms with Gasteiger partial charge in [0, 0.05) is 42.7 Å². The molecule has 2 aliphatic carbocycles. The van der Waals surface area contributed by atoms with E-state index in [4.69, 9.17) is 10.1 Å². The van der Waals surface area contributed by atoms with E-state index < -0.39 is 0 Å². The van der Waals surface area contributed by atoms with Gasteiger partial charge in [0.15, 0.2) is 22.6 Å². The van der Waals surface area contributed by atoms with Crippen molar-refractivity contribution in [1.82, 2.24) is 29.5 Å². The van der Waals surface area contributed by atoms with Crippen LogP contribution in [0, 0.1) is 11.7 Å². The Morgan fingerprint density at radius 2 is 2.06 bits per heavy atom. The van der Waals surface area contributed by atoms with Crippen molar-refractivity contribution < 1.29 is 9.18 Å². The Balaban J connectivity index is 1.35. The fraction of sp³-hybridized carbons (Fsp3) is 0.391. The highest BCUT2D eigenvalue weighted by molar-refractivity contribution is 5.87. The lowest BCUT2D eigenvalue weighted by atomic mass is 9.85. The highest BCUT2D eigenvalue weighted by atomic mass is 19.1. The first kappa shape index (κ1) is 19.2. The van der Waals surface area contributed by atoms with Gasteiger partial charge in [0.05, 0.1) is 12.0 Å². The minimum Gasteiger partial charge on any atom is -0.365 e. The molecule has 2 aliphatic rings. The summed E-state index contributed by atoms with van der Waals surface area (Å²) in [7, 11) is 1.93. The Kier molecular flexibility index (Phi) is 4.38. The smallest absolute Gasteiger partial charge is 0.223 e. The van der Waals surface area contributed by atoms with E-state index in [-0.39, 0.29) is 24.2 Å². The SMILES string of the molecule is Cn1cnc2c(NC3CC3)nc3cc(-c4ccc(F)c(CNC(=O)C5CCC5)c4)nn3c21. The van der Waals surface area contributed by atoms with Crippen molar-refractivity contribution >= 4 is 28.5 Å². The lowest BCUT2D eigenvalue weighted by Gasteiger charge is -2.24. The maximum absolute atomic E-state index is 14.4. The maximum atomic E-state index is 14.4. The molecular weight excluding hydrogens is 409 g/mol. The van der Waals surface area contributed by atoms with Crippen molar-refractivity contribution in [1.29, 1.82) is 0 Å². The molecule has 2 saturated carbocycles. The number of rotatable bonds is 6. The van der Waals surface area contributed by atoms with E-state index in [1.807, 2.05) is 17.7 Å². The molecule has 0 atom stereocenters. The largest absolute Gasteiger partial charge is 0.365 e. The molecule has 0 saturated heterocycles. The zero-order valence-electron chi connectivity index (χ0n) is 17.8. The van der Waals surface area contributed by atoms with Gasteiger partial charge in [-0.25, -0.2) is 14.4 Å². The van der Waals surface area contributed by atoms with Gasteiger partial charge in [-0.1, -0.05) is 6.42 Å². The third kappa shape index (κ3) is 3.28. The summed E-state index contributed by atoms with van der Waals surface area (Å²) in [5.74, 6) is 0.507. The number of fused-ring (bicyclic) bond motifs is 3. The van der Waals surface area contributed by atoms with Crippen LogP contribution in [-0.2, 0) is 18.4 Å². The number of anilines is 1. The average molecular weight is 433 g/mol. The summed E-state index contributed by atoms with van der Waals surface area (Å²) in [6.07, 6.45) is 6.96. The fourth-order valence-electron chi connectivity index (χ4n) is 4.14. The molecule has 1 amide bonds. The predicted molar refractivity (Wildman–Crippen MR) is 118 cm³/mol. The van der Waals surface area contributed by atoms with Crippen LogP contribution in [0.5, 0.6) is 0 Å². The molecule has 0 aliphatic heterocycles. The van der Waals surface area contributed by atoms with E-state index in [1.165, 1.54) is 6.07 Å². The first-order chi connectivity index (χ1) is 15.6. The summed E-state index contributed by atoms with van der Waals surface area (Å²) < 4.78 is 18.1. The van der Waals surface area contributed by atoms with Gasteiger partial charge in [-0.05, 0) is 43.9 Å². The van der Waals surface area contributed by atoms with Gasteiger partial charge in [0.2, 0.25) is 5.91 Å². The molecule has 0 unspecified atom stereocenters. The van der Waals surface area contributed by atoms with Crippen molar-refractivity contribution in [2.45, 2.75) is 44.7 Å². The third-order valence-corrected chi connectivity index (χ3v) is 6.44. The van der Waals surface area contributed by atoms with E-state index >= 15 is 0 Å². The number of imidazole rings is 1. The normalized spacial score (nSPS) is 16.4. The standard InChI is InChI=1S/C23H24FN7O/c1-30-12-26-20-21(27-16-6-7-16)28-19-10-18(29-31(19)23(20)30)14-5-8-17(24)15(9-14)11-25-22(32)13-3-2-4-13/h5,8-10,12-13,16H,2-4,6-7,11H2,1H3,(H,25,32)(H,27,28). The molecule has 1 aromatic carbocycles. The summed E-state index contributed by atoms with van der Waals surface area (Å²) in [5, 5.41) is 11.1. The zero-order valence-corrected chi connectivity index (χ0v) is 17.8. The Morgan fingerprint density at radius 3 is 2.81 bits per heavy atom. The molecule has 8 nitrogen and oxygen atoms in total. The van der Waals surface area contributed by atoms with Gasteiger partial charge in [0.1, 0.15) is 5.82 Å². The van der Waals surface area contributed by atoms with Gasteiger partial charge in [-0.15, -0.1) is 0 Å². The number of nitrogens with one attached hydrogen (secondary N) is 2. The van der Waals surface area contributed by atoms with Crippen molar-refractivity contribution in [3.63, 3.8) is 0 Å². The monoisotopic (exact) mass is 433 g/mol. The predicted octanol–water partition coefficient (Wildman–Crippen LogP) is 3.41. The minimum atomic E-state index is -0.338. The Morgan fingerprint density at radius 1 is 1.22 bits per heavy atom. The van der Waals surface area contributed by atoms with E-state index in [2.05, 4.69) is 15.6 Å². The van der Waals surface area contributed by atoms with Crippen LogP contribution in [-0.4, -0.2) is 36.1 Å². The molecule has 0 radical (unpaired) electrons. The number of aromatic nitrogens is 5. The second-order valence-corrected chi connectivity index (χ2v) is 8.86. The number of amides is 1. The molecular formula is C23H24FN7O. The number of benzene rings is 1. The van der Waals surface area contributed by atoms with E-state index in [1.54, 1.807) is 23.0 Å². The summed E-state index contributed by atoms with van der Waals surface area (Å²) in [6, 6.07) is 7.23. The molecule has 4 aromatic rings. The molecule has 3 aromatic heterocycles.